The van der Waals surface area contributed by atoms with E-state index in [1.54, 1.807) is 0 Å². The second kappa shape index (κ2) is 5.80. The van der Waals surface area contributed by atoms with E-state index < -0.39 is 0 Å². The van der Waals surface area contributed by atoms with Crippen LogP contribution in [0.1, 0.15) is 56.7 Å². The molecule has 1 aromatic heterocycles. The SMILES string of the molecule is Nc1nc(C2CCCCCCC2)ncc1I. The molecule has 16 heavy (non-hydrogen) atoms. The number of nitrogen functional groups attached to an aromatic ring is 1. The second-order valence-electron chi connectivity index (χ2n) is 4.50. The predicted octanol–water partition coefficient (Wildman–Crippen LogP) is 3.49. The first-order valence-electron chi connectivity index (χ1n) is 6.05. The fourth-order valence-corrected chi connectivity index (χ4v) is 2.57. The van der Waals surface area contributed by atoms with Crippen LogP contribution in [0.2, 0.25) is 0 Å². The van der Waals surface area contributed by atoms with E-state index in [1.165, 1.54) is 44.9 Å². The molecule has 2 N–H and O–H groups in total. The van der Waals surface area contributed by atoms with Crippen molar-refractivity contribution in [1.82, 2.24) is 9.97 Å². The normalized spacial score (nSPS) is 19.1. The van der Waals surface area contributed by atoms with Crippen molar-refractivity contribution in [3.8, 4) is 0 Å². The first-order valence-corrected chi connectivity index (χ1v) is 7.13. The zero-order valence-electron chi connectivity index (χ0n) is 9.45. The molecule has 1 aromatic rings. The molecule has 1 fully saturated rings. The van der Waals surface area contributed by atoms with Crippen LogP contribution in [0.15, 0.2) is 6.20 Å². The highest BCUT2D eigenvalue weighted by molar-refractivity contribution is 14.1. The van der Waals surface area contributed by atoms with Gasteiger partial charge in [-0.1, -0.05) is 32.1 Å². The summed E-state index contributed by atoms with van der Waals surface area (Å²) in [7, 11) is 0. The number of anilines is 1. The average molecular weight is 331 g/mol. The lowest BCUT2D eigenvalue weighted by Gasteiger charge is -2.18. The van der Waals surface area contributed by atoms with Crippen molar-refractivity contribution >= 4 is 28.4 Å². The quantitative estimate of drug-likeness (QED) is 0.802. The Morgan fingerprint density at radius 3 is 2.38 bits per heavy atom. The standard InChI is InChI=1S/C12H18IN3/c13-10-8-15-12(16-11(10)14)9-6-4-2-1-3-5-7-9/h8-9H,1-7H2,(H2,14,15,16). The predicted molar refractivity (Wildman–Crippen MR) is 74.2 cm³/mol. The summed E-state index contributed by atoms with van der Waals surface area (Å²) in [5, 5.41) is 0. The van der Waals surface area contributed by atoms with Crippen LogP contribution in [0.5, 0.6) is 0 Å². The van der Waals surface area contributed by atoms with E-state index in [-0.39, 0.29) is 0 Å². The first-order chi connectivity index (χ1) is 7.77. The highest BCUT2D eigenvalue weighted by Gasteiger charge is 2.16. The molecule has 0 bridgehead atoms. The Labute approximate surface area is 110 Å². The van der Waals surface area contributed by atoms with Crippen LogP contribution in [-0.2, 0) is 0 Å². The lowest BCUT2D eigenvalue weighted by atomic mass is 9.90. The molecule has 0 aromatic carbocycles. The topological polar surface area (TPSA) is 51.8 Å². The molecule has 0 unspecified atom stereocenters. The smallest absolute Gasteiger partial charge is 0.140 e. The summed E-state index contributed by atoms with van der Waals surface area (Å²) in [5.74, 6) is 2.12. The number of rotatable bonds is 1. The fourth-order valence-electron chi connectivity index (χ4n) is 2.31. The Balaban J connectivity index is 2.11. The minimum Gasteiger partial charge on any atom is -0.383 e. The maximum atomic E-state index is 5.84. The highest BCUT2D eigenvalue weighted by Crippen LogP contribution is 2.29. The summed E-state index contributed by atoms with van der Waals surface area (Å²) in [4.78, 5) is 8.86. The number of nitrogens with two attached hydrogens (primary N) is 1. The van der Waals surface area contributed by atoms with Crippen LogP contribution in [0.25, 0.3) is 0 Å². The van der Waals surface area contributed by atoms with Crippen molar-refractivity contribution in [1.29, 1.82) is 0 Å². The minimum absolute atomic E-state index is 0.527. The van der Waals surface area contributed by atoms with Gasteiger partial charge in [0.2, 0.25) is 0 Å². The molecular formula is C12H18IN3. The Morgan fingerprint density at radius 2 is 1.75 bits per heavy atom. The van der Waals surface area contributed by atoms with Gasteiger partial charge in [0.1, 0.15) is 11.6 Å². The molecule has 4 heteroatoms. The molecule has 1 heterocycles. The van der Waals surface area contributed by atoms with E-state index in [4.69, 9.17) is 5.73 Å². The maximum absolute atomic E-state index is 5.84. The molecule has 0 amide bonds. The van der Waals surface area contributed by atoms with Gasteiger partial charge in [0.15, 0.2) is 0 Å². The van der Waals surface area contributed by atoms with Crippen molar-refractivity contribution in [3.05, 3.63) is 15.6 Å². The zero-order valence-corrected chi connectivity index (χ0v) is 11.6. The maximum Gasteiger partial charge on any atom is 0.140 e. The molecule has 0 aliphatic heterocycles. The lowest BCUT2D eigenvalue weighted by Crippen LogP contribution is -2.09. The summed E-state index contributed by atoms with van der Waals surface area (Å²) >= 11 is 2.18. The molecule has 0 radical (unpaired) electrons. The third-order valence-electron chi connectivity index (χ3n) is 3.26. The van der Waals surface area contributed by atoms with Gasteiger partial charge in [0, 0.05) is 12.1 Å². The van der Waals surface area contributed by atoms with Crippen LogP contribution in [0.4, 0.5) is 5.82 Å². The van der Waals surface area contributed by atoms with Gasteiger partial charge >= 0.3 is 0 Å². The van der Waals surface area contributed by atoms with E-state index in [2.05, 4.69) is 32.6 Å². The Morgan fingerprint density at radius 1 is 1.12 bits per heavy atom. The van der Waals surface area contributed by atoms with Gasteiger partial charge in [-0.05, 0) is 35.4 Å². The van der Waals surface area contributed by atoms with Gasteiger partial charge < -0.3 is 5.73 Å². The van der Waals surface area contributed by atoms with Gasteiger partial charge in [0.25, 0.3) is 0 Å². The van der Waals surface area contributed by atoms with Crippen LogP contribution >= 0.6 is 22.6 Å². The largest absolute Gasteiger partial charge is 0.383 e. The van der Waals surface area contributed by atoms with Crippen molar-refractivity contribution in [2.45, 2.75) is 50.9 Å². The molecule has 3 nitrogen and oxygen atoms in total. The lowest BCUT2D eigenvalue weighted by molar-refractivity contribution is 0.442. The van der Waals surface area contributed by atoms with E-state index in [9.17, 15) is 0 Å². The summed E-state index contributed by atoms with van der Waals surface area (Å²) in [5.41, 5.74) is 5.84. The average Bonchev–Trinajstić information content (AvgIpc) is 2.22. The van der Waals surface area contributed by atoms with Gasteiger partial charge in [-0.3, -0.25) is 0 Å². The molecule has 1 saturated carbocycles. The molecule has 0 saturated heterocycles. The third-order valence-corrected chi connectivity index (χ3v) is 4.09. The fraction of sp³-hybridized carbons (Fsp3) is 0.667. The second-order valence-corrected chi connectivity index (χ2v) is 5.67. The van der Waals surface area contributed by atoms with Crippen molar-refractivity contribution in [2.24, 2.45) is 0 Å². The summed E-state index contributed by atoms with van der Waals surface area (Å²) in [6.45, 7) is 0. The van der Waals surface area contributed by atoms with E-state index in [1.807, 2.05) is 6.20 Å². The van der Waals surface area contributed by atoms with Crippen LogP contribution in [0, 0.1) is 3.57 Å². The summed E-state index contributed by atoms with van der Waals surface area (Å²) in [6, 6.07) is 0. The van der Waals surface area contributed by atoms with Gasteiger partial charge in [-0.25, -0.2) is 9.97 Å². The zero-order chi connectivity index (χ0) is 11.4. The molecule has 0 atom stereocenters. The van der Waals surface area contributed by atoms with Crippen molar-refractivity contribution in [3.63, 3.8) is 0 Å². The van der Waals surface area contributed by atoms with Gasteiger partial charge in [-0.2, -0.15) is 0 Å². The Hall–Kier alpha value is -0.390. The molecule has 88 valence electrons. The Kier molecular flexibility index (Phi) is 4.37. The highest BCUT2D eigenvalue weighted by atomic mass is 127. The van der Waals surface area contributed by atoms with Crippen LogP contribution in [0.3, 0.4) is 0 Å². The van der Waals surface area contributed by atoms with E-state index >= 15 is 0 Å². The first kappa shape index (κ1) is 12.1. The van der Waals surface area contributed by atoms with E-state index in [0.717, 1.165) is 9.39 Å². The molecular weight excluding hydrogens is 313 g/mol. The number of halogens is 1. The van der Waals surface area contributed by atoms with Gasteiger partial charge in [0.05, 0.1) is 3.57 Å². The minimum atomic E-state index is 0.527. The Bertz CT molecular complexity index is 346. The van der Waals surface area contributed by atoms with Crippen LogP contribution in [-0.4, -0.2) is 9.97 Å². The van der Waals surface area contributed by atoms with Crippen LogP contribution < -0.4 is 5.73 Å². The monoisotopic (exact) mass is 331 g/mol. The number of aromatic nitrogens is 2. The molecule has 2 rings (SSSR count). The molecule has 0 spiro atoms. The number of nitrogens with zero attached hydrogens (tertiary/aromatic N) is 2. The summed E-state index contributed by atoms with van der Waals surface area (Å²) < 4.78 is 0.951. The van der Waals surface area contributed by atoms with Gasteiger partial charge in [-0.15, -0.1) is 0 Å². The van der Waals surface area contributed by atoms with E-state index in [0.29, 0.717) is 11.7 Å². The number of hydrogen-bond acceptors (Lipinski definition) is 3. The number of hydrogen-bond donors (Lipinski definition) is 1. The summed E-state index contributed by atoms with van der Waals surface area (Å²) in [6.07, 6.45) is 11.0. The van der Waals surface area contributed by atoms with Crippen molar-refractivity contribution in [2.75, 3.05) is 5.73 Å². The molecule has 1 aliphatic carbocycles. The third kappa shape index (κ3) is 3.06. The van der Waals surface area contributed by atoms with Crippen molar-refractivity contribution < 1.29 is 0 Å². The molecule has 1 aliphatic rings.